The zero-order chi connectivity index (χ0) is 23.3. The number of hydrogen-bond donors (Lipinski definition) is 1. The molecule has 0 aliphatic carbocycles. The van der Waals surface area contributed by atoms with Crippen molar-refractivity contribution < 1.29 is 9.13 Å². The Labute approximate surface area is 202 Å². The third kappa shape index (κ3) is 5.37. The Bertz CT molecular complexity index is 1130. The highest BCUT2D eigenvalue weighted by Gasteiger charge is 2.21. The Morgan fingerprint density at radius 3 is 2.65 bits per heavy atom. The number of hydrogen-bond acceptors (Lipinski definition) is 3. The van der Waals surface area contributed by atoms with Gasteiger partial charge in [0.05, 0.1) is 7.11 Å². The first-order valence-corrected chi connectivity index (χ1v) is 12.7. The number of nitrogens with zero attached hydrogens (tertiary/aromatic N) is 2. The van der Waals surface area contributed by atoms with E-state index in [0.29, 0.717) is 5.92 Å². The molecule has 5 rings (SSSR count). The van der Waals surface area contributed by atoms with E-state index in [1.54, 1.807) is 13.2 Å². The highest BCUT2D eigenvalue weighted by molar-refractivity contribution is 5.83. The molecule has 2 aliphatic heterocycles. The zero-order valence-corrected chi connectivity index (χ0v) is 20.2. The maximum atomic E-state index is 13.7. The number of para-hydroxylation sites is 1. The number of fused-ring (bicyclic) bond motifs is 1. The van der Waals surface area contributed by atoms with Gasteiger partial charge in [-0.05, 0) is 99.6 Å². The Morgan fingerprint density at radius 1 is 1.03 bits per heavy atom. The van der Waals surface area contributed by atoms with Gasteiger partial charge in [0.25, 0.3) is 0 Å². The third-order valence-corrected chi connectivity index (χ3v) is 7.64. The summed E-state index contributed by atoms with van der Waals surface area (Å²) in [5.41, 5.74) is 4.95. The van der Waals surface area contributed by atoms with Crippen LogP contribution in [0.4, 0.5) is 4.39 Å². The minimum Gasteiger partial charge on any atom is -0.496 e. The molecule has 1 saturated heterocycles. The van der Waals surface area contributed by atoms with Crippen molar-refractivity contribution in [1.82, 2.24) is 14.8 Å². The van der Waals surface area contributed by atoms with Crippen LogP contribution in [-0.4, -0.2) is 61.2 Å². The van der Waals surface area contributed by atoms with Crippen molar-refractivity contribution in [2.24, 2.45) is 5.92 Å². The van der Waals surface area contributed by atoms with Gasteiger partial charge in [-0.25, -0.2) is 4.39 Å². The quantitative estimate of drug-likeness (QED) is 0.464. The summed E-state index contributed by atoms with van der Waals surface area (Å²) < 4.78 is 19.2. The number of nitrogens with one attached hydrogen (secondary N) is 1. The predicted octanol–water partition coefficient (Wildman–Crippen LogP) is 5.75. The maximum absolute atomic E-state index is 13.7. The fourth-order valence-electron chi connectivity index (χ4n) is 5.63. The van der Waals surface area contributed by atoms with Crippen molar-refractivity contribution in [3.05, 3.63) is 71.7 Å². The van der Waals surface area contributed by atoms with Crippen LogP contribution in [0.5, 0.6) is 5.75 Å². The van der Waals surface area contributed by atoms with E-state index in [2.05, 4.69) is 39.2 Å². The molecule has 0 radical (unpaired) electrons. The van der Waals surface area contributed by atoms with Gasteiger partial charge in [-0.2, -0.15) is 0 Å². The van der Waals surface area contributed by atoms with Crippen LogP contribution < -0.4 is 4.74 Å². The minimum absolute atomic E-state index is 0.150. The lowest BCUT2D eigenvalue weighted by molar-refractivity contribution is 0.172. The first-order chi connectivity index (χ1) is 16.7. The summed E-state index contributed by atoms with van der Waals surface area (Å²) in [6.45, 7) is 6.86. The van der Waals surface area contributed by atoms with Crippen LogP contribution >= 0.6 is 0 Å². The molecule has 3 heterocycles. The number of ether oxygens (including phenoxy) is 1. The van der Waals surface area contributed by atoms with Gasteiger partial charge in [-0.1, -0.05) is 24.3 Å². The molecule has 0 unspecified atom stereocenters. The molecule has 0 atom stereocenters. The van der Waals surface area contributed by atoms with E-state index >= 15 is 0 Å². The van der Waals surface area contributed by atoms with Crippen LogP contribution in [0.25, 0.3) is 16.5 Å². The number of benzene rings is 2. The number of rotatable bonds is 8. The first kappa shape index (κ1) is 23.1. The number of methoxy groups -OCH3 is 1. The lowest BCUT2D eigenvalue weighted by Crippen LogP contribution is -2.37. The van der Waals surface area contributed by atoms with Crippen LogP contribution in [-0.2, 0) is 6.42 Å². The largest absolute Gasteiger partial charge is 0.496 e. The molecule has 0 saturated carbocycles. The van der Waals surface area contributed by atoms with Crippen LogP contribution in [0, 0.1) is 11.7 Å². The molecule has 0 amide bonds. The molecular weight excluding hydrogens is 425 g/mol. The van der Waals surface area contributed by atoms with Crippen LogP contribution in [0.3, 0.4) is 0 Å². The second kappa shape index (κ2) is 10.7. The van der Waals surface area contributed by atoms with E-state index in [9.17, 15) is 4.39 Å². The number of halogens is 1. The Kier molecular flexibility index (Phi) is 7.31. The molecule has 2 aromatic carbocycles. The summed E-state index contributed by atoms with van der Waals surface area (Å²) in [6, 6.07) is 13.4. The van der Waals surface area contributed by atoms with Crippen molar-refractivity contribution in [2.45, 2.75) is 32.1 Å². The summed E-state index contributed by atoms with van der Waals surface area (Å²) in [4.78, 5) is 8.50. The SMILES string of the molecule is COc1ccccc1C1=CCN(CCCN2CCC(Cc3c[nH]c4ccc(F)cc34)CC2)CC1. The van der Waals surface area contributed by atoms with E-state index < -0.39 is 0 Å². The molecule has 2 aliphatic rings. The summed E-state index contributed by atoms with van der Waals surface area (Å²) in [7, 11) is 1.75. The van der Waals surface area contributed by atoms with Crippen LogP contribution in [0.1, 0.15) is 36.8 Å². The van der Waals surface area contributed by atoms with Crippen molar-refractivity contribution in [2.75, 3.05) is 46.4 Å². The lowest BCUT2D eigenvalue weighted by Gasteiger charge is -2.33. The average molecular weight is 462 g/mol. The fraction of sp³-hybridized carbons (Fsp3) is 0.448. The number of piperidine rings is 1. The van der Waals surface area contributed by atoms with Crippen LogP contribution in [0.2, 0.25) is 0 Å². The molecule has 5 heteroatoms. The zero-order valence-electron chi connectivity index (χ0n) is 20.2. The molecule has 180 valence electrons. The first-order valence-electron chi connectivity index (χ1n) is 12.7. The molecular formula is C29H36FN3O. The lowest BCUT2D eigenvalue weighted by atomic mass is 9.90. The van der Waals surface area contributed by atoms with Crippen molar-refractivity contribution >= 4 is 16.5 Å². The van der Waals surface area contributed by atoms with E-state index in [0.717, 1.165) is 49.1 Å². The maximum Gasteiger partial charge on any atom is 0.126 e. The average Bonchev–Trinajstić information content (AvgIpc) is 3.27. The number of aromatic nitrogens is 1. The number of H-pyrrole nitrogens is 1. The molecule has 0 spiro atoms. The fourth-order valence-corrected chi connectivity index (χ4v) is 5.63. The van der Waals surface area contributed by atoms with E-state index in [1.165, 1.54) is 61.7 Å². The van der Waals surface area contributed by atoms with Gasteiger partial charge >= 0.3 is 0 Å². The molecule has 4 nitrogen and oxygen atoms in total. The molecule has 0 bridgehead atoms. The van der Waals surface area contributed by atoms with E-state index in [4.69, 9.17) is 4.74 Å². The highest BCUT2D eigenvalue weighted by atomic mass is 19.1. The second-order valence-corrected chi connectivity index (χ2v) is 9.83. The molecule has 1 aromatic heterocycles. The van der Waals surface area contributed by atoms with Gasteiger partial charge < -0.3 is 14.6 Å². The van der Waals surface area contributed by atoms with Gasteiger partial charge in [0, 0.05) is 35.8 Å². The summed E-state index contributed by atoms with van der Waals surface area (Å²) in [6.07, 6.45) is 10.3. The van der Waals surface area contributed by atoms with Crippen molar-refractivity contribution in [1.29, 1.82) is 0 Å². The second-order valence-electron chi connectivity index (χ2n) is 9.83. The smallest absolute Gasteiger partial charge is 0.126 e. The normalized spacial score (nSPS) is 18.4. The summed E-state index contributed by atoms with van der Waals surface area (Å²) in [5, 5.41) is 1.05. The number of likely N-dealkylation sites (tertiary alicyclic amines) is 1. The van der Waals surface area contributed by atoms with Crippen molar-refractivity contribution in [3.8, 4) is 5.75 Å². The monoisotopic (exact) mass is 461 g/mol. The Balaban J connectivity index is 1.04. The van der Waals surface area contributed by atoms with Gasteiger partial charge in [0.2, 0.25) is 0 Å². The molecule has 1 fully saturated rings. The predicted molar refractivity (Wildman–Crippen MR) is 138 cm³/mol. The highest BCUT2D eigenvalue weighted by Crippen LogP contribution is 2.30. The van der Waals surface area contributed by atoms with Gasteiger partial charge in [-0.3, -0.25) is 4.90 Å². The Morgan fingerprint density at radius 2 is 1.85 bits per heavy atom. The van der Waals surface area contributed by atoms with Gasteiger partial charge in [0.15, 0.2) is 0 Å². The standard InChI is InChI=1S/C29H36FN3O/c1-34-29-6-3-2-5-26(29)23-11-17-33(18-12-23)14-4-13-32-15-9-22(10-16-32)19-24-21-31-28-8-7-25(30)20-27(24)28/h2-3,5-8,11,20-22,31H,4,9-10,12-19H2,1H3. The summed E-state index contributed by atoms with van der Waals surface area (Å²) in [5.74, 6) is 1.52. The molecule has 3 aromatic rings. The van der Waals surface area contributed by atoms with E-state index in [-0.39, 0.29) is 5.82 Å². The Hall–Kier alpha value is -2.63. The number of aromatic amines is 1. The summed E-state index contributed by atoms with van der Waals surface area (Å²) >= 11 is 0. The third-order valence-electron chi connectivity index (χ3n) is 7.64. The van der Waals surface area contributed by atoms with Crippen molar-refractivity contribution in [3.63, 3.8) is 0 Å². The topological polar surface area (TPSA) is 31.5 Å². The molecule has 34 heavy (non-hydrogen) atoms. The van der Waals surface area contributed by atoms with Gasteiger partial charge in [-0.15, -0.1) is 0 Å². The van der Waals surface area contributed by atoms with Gasteiger partial charge in [0.1, 0.15) is 11.6 Å². The molecule has 1 N–H and O–H groups in total. The minimum atomic E-state index is -0.150. The van der Waals surface area contributed by atoms with Crippen LogP contribution in [0.15, 0.2) is 54.7 Å². The van der Waals surface area contributed by atoms with E-state index in [1.807, 2.05) is 18.2 Å².